The average Bonchev–Trinajstić information content (AvgIpc) is 3.14. The zero-order valence-corrected chi connectivity index (χ0v) is 14.4. The molecule has 23 heavy (non-hydrogen) atoms. The van der Waals surface area contributed by atoms with Crippen molar-refractivity contribution < 1.29 is 9.18 Å². The maximum Gasteiger partial charge on any atom is 0.261 e. The first kappa shape index (κ1) is 16.1. The number of halogens is 1. The number of thiophene rings is 1. The van der Waals surface area contributed by atoms with Crippen LogP contribution in [0.2, 0.25) is 0 Å². The molecule has 0 fully saturated rings. The molecule has 1 amide bonds. The lowest BCUT2D eigenvalue weighted by Crippen LogP contribution is -2.23. The fourth-order valence-electron chi connectivity index (χ4n) is 2.35. The van der Waals surface area contributed by atoms with Crippen molar-refractivity contribution in [3.05, 3.63) is 51.0 Å². The topological polar surface area (TPSA) is 42.0 Å². The molecule has 0 radical (unpaired) electrons. The van der Waals surface area contributed by atoms with Crippen molar-refractivity contribution in [1.29, 1.82) is 0 Å². The minimum absolute atomic E-state index is 0.129. The average molecular weight is 348 g/mol. The highest BCUT2D eigenvalue weighted by atomic mass is 32.1. The Morgan fingerprint density at radius 3 is 2.96 bits per heavy atom. The van der Waals surface area contributed by atoms with E-state index < -0.39 is 0 Å². The SMILES string of the molecule is Cc1csc(CCCCNC(=O)c2cc3c(F)cccc3s2)n1. The summed E-state index contributed by atoms with van der Waals surface area (Å²) < 4.78 is 14.4. The maximum atomic E-state index is 13.6. The molecule has 0 bridgehead atoms. The molecule has 0 aliphatic heterocycles. The summed E-state index contributed by atoms with van der Waals surface area (Å²) in [6.07, 6.45) is 2.85. The van der Waals surface area contributed by atoms with Gasteiger partial charge in [-0.3, -0.25) is 4.79 Å². The number of nitrogens with one attached hydrogen (secondary N) is 1. The van der Waals surface area contributed by atoms with Gasteiger partial charge in [-0.1, -0.05) is 6.07 Å². The molecule has 1 N–H and O–H groups in total. The van der Waals surface area contributed by atoms with Crippen LogP contribution < -0.4 is 5.32 Å². The van der Waals surface area contributed by atoms with Crippen LogP contribution in [0.5, 0.6) is 0 Å². The van der Waals surface area contributed by atoms with Crippen LogP contribution >= 0.6 is 22.7 Å². The number of hydrogen-bond donors (Lipinski definition) is 1. The highest BCUT2D eigenvalue weighted by Gasteiger charge is 2.11. The van der Waals surface area contributed by atoms with Crippen LogP contribution in [0.3, 0.4) is 0 Å². The zero-order valence-electron chi connectivity index (χ0n) is 12.8. The molecule has 3 nitrogen and oxygen atoms in total. The summed E-state index contributed by atoms with van der Waals surface area (Å²) in [6.45, 7) is 2.62. The van der Waals surface area contributed by atoms with E-state index in [0.717, 1.165) is 34.7 Å². The van der Waals surface area contributed by atoms with Gasteiger partial charge in [-0.25, -0.2) is 9.37 Å². The molecule has 0 saturated heterocycles. The van der Waals surface area contributed by atoms with Crippen molar-refractivity contribution >= 4 is 38.7 Å². The largest absolute Gasteiger partial charge is 0.351 e. The number of fused-ring (bicyclic) bond motifs is 1. The lowest BCUT2D eigenvalue weighted by molar-refractivity contribution is 0.0957. The summed E-state index contributed by atoms with van der Waals surface area (Å²) in [6, 6.07) is 6.53. The number of amides is 1. The van der Waals surface area contributed by atoms with Crippen LogP contribution in [-0.2, 0) is 6.42 Å². The summed E-state index contributed by atoms with van der Waals surface area (Å²) >= 11 is 3.00. The quantitative estimate of drug-likeness (QED) is 0.664. The van der Waals surface area contributed by atoms with Gasteiger partial charge in [-0.05, 0) is 44.4 Å². The van der Waals surface area contributed by atoms with Crippen LogP contribution in [0.1, 0.15) is 33.2 Å². The second-order valence-corrected chi connectivity index (χ2v) is 7.38. The highest BCUT2D eigenvalue weighted by Crippen LogP contribution is 2.27. The van der Waals surface area contributed by atoms with Crippen LogP contribution in [0.15, 0.2) is 29.6 Å². The van der Waals surface area contributed by atoms with Gasteiger partial charge in [0.1, 0.15) is 5.82 Å². The van der Waals surface area contributed by atoms with Gasteiger partial charge in [-0.2, -0.15) is 0 Å². The number of aromatic nitrogens is 1. The van der Waals surface area contributed by atoms with E-state index in [-0.39, 0.29) is 11.7 Å². The van der Waals surface area contributed by atoms with Crippen LogP contribution in [0.4, 0.5) is 4.39 Å². The molecule has 6 heteroatoms. The number of thiazole rings is 1. The maximum absolute atomic E-state index is 13.6. The molecular weight excluding hydrogens is 331 g/mol. The third-order valence-corrected chi connectivity index (χ3v) is 5.63. The fraction of sp³-hybridized carbons (Fsp3) is 0.294. The summed E-state index contributed by atoms with van der Waals surface area (Å²) in [5.41, 5.74) is 1.07. The second-order valence-electron chi connectivity index (χ2n) is 5.36. The van der Waals surface area contributed by atoms with Gasteiger partial charge in [0.25, 0.3) is 5.91 Å². The predicted octanol–water partition coefficient (Wildman–Crippen LogP) is 4.56. The summed E-state index contributed by atoms with van der Waals surface area (Å²) in [5, 5.41) is 6.62. The van der Waals surface area contributed by atoms with E-state index in [4.69, 9.17) is 0 Å². The molecule has 2 aromatic heterocycles. The van der Waals surface area contributed by atoms with Gasteiger partial charge in [0.05, 0.1) is 9.88 Å². The fourth-order valence-corrected chi connectivity index (χ4v) is 4.15. The monoisotopic (exact) mass is 348 g/mol. The number of benzene rings is 1. The van der Waals surface area contributed by atoms with Crippen LogP contribution in [-0.4, -0.2) is 17.4 Å². The molecule has 0 aliphatic rings. The van der Waals surface area contributed by atoms with Crippen LogP contribution in [0.25, 0.3) is 10.1 Å². The lowest BCUT2D eigenvalue weighted by atomic mass is 10.2. The standard InChI is InChI=1S/C17H17FN2OS2/c1-11-10-22-16(20-11)7-2-3-8-19-17(21)15-9-12-13(18)5-4-6-14(12)23-15/h4-6,9-10H,2-3,7-8H2,1H3,(H,19,21). The van der Waals surface area contributed by atoms with Crippen molar-refractivity contribution in [2.45, 2.75) is 26.2 Å². The number of hydrogen-bond acceptors (Lipinski definition) is 4. The smallest absolute Gasteiger partial charge is 0.261 e. The van der Waals surface area contributed by atoms with E-state index in [1.165, 1.54) is 17.4 Å². The minimum atomic E-state index is -0.281. The third kappa shape index (κ3) is 3.95. The van der Waals surface area contributed by atoms with E-state index in [9.17, 15) is 9.18 Å². The Hall–Kier alpha value is -1.79. The minimum Gasteiger partial charge on any atom is -0.351 e. The first-order valence-corrected chi connectivity index (χ1v) is 9.20. The van der Waals surface area contributed by atoms with Crippen molar-refractivity contribution in [1.82, 2.24) is 10.3 Å². The Kier molecular flexibility index (Phi) is 5.03. The molecule has 0 atom stereocenters. The summed E-state index contributed by atoms with van der Waals surface area (Å²) in [7, 11) is 0. The number of rotatable bonds is 6. The van der Waals surface area contributed by atoms with Crippen molar-refractivity contribution in [2.24, 2.45) is 0 Å². The van der Waals surface area contributed by atoms with Crippen molar-refractivity contribution in [3.8, 4) is 0 Å². The van der Waals surface area contributed by atoms with Gasteiger partial charge in [0, 0.05) is 27.7 Å². The van der Waals surface area contributed by atoms with Gasteiger partial charge in [0.15, 0.2) is 0 Å². The van der Waals surface area contributed by atoms with Gasteiger partial charge in [-0.15, -0.1) is 22.7 Å². The zero-order chi connectivity index (χ0) is 16.2. The number of nitrogens with zero attached hydrogens (tertiary/aromatic N) is 1. The van der Waals surface area contributed by atoms with Crippen molar-refractivity contribution in [2.75, 3.05) is 6.54 Å². The Morgan fingerprint density at radius 1 is 1.35 bits per heavy atom. The van der Waals surface area contributed by atoms with E-state index >= 15 is 0 Å². The van der Waals surface area contributed by atoms with E-state index in [1.54, 1.807) is 23.5 Å². The molecule has 0 spiro atoms. The van der Waals surface area contributed by atoms with Crippen LogP contribution in [0, 0.1) is 12.7 Å². The molecular formula is C17H17FN2OS2. The Labute approximate surface area is 142 Å². The molecule has 0 aliphatic carbocycles. The summed E-state index contributed by atoms with van der Waals surface area (Å²) in [5.74, 6) is -0.410. The van der Waals surface area contributed by atoms with Gasteiger partial charge >= 0.3 is 0 Å². The second kappa shape index (κ2) is 7.19. The Bertz CT molecular complexity index is 825. The lowest BCUT2D eigenvalue weighted by Gasteiger charge is -2.02. The molecule has 3 rings (SSSR count). The number of aryl methyl sites for hydroxylation is 2. The number of carbonyl (C=O) groups excluding carboxylic acids is 1. The molecule has 0 unspecified atom stereocenters. The van der Waals surface area contributed by atoms with Crippen molar-refractivity contribution in [3.63, 3.8) is 0 Å². The Balaban J connectivity index is 1.48. The highest BCUT2D eigenvalue weighted by molar-refractivity contribution is 7.20. The molecule has 2 heterocycles. The first-order chi connectivity index (χ1) is 11.1. The number of unbranched alkanes of at least 4 members (excludes halogenated alkanes) is 1. The molecule has 120 valence electrons. The number of carbonyl (C=O) groups is 1. The summed E-state index contributed by atoms with van der Waals surface area (Å²) in [4.78, 5) is 17.1. The first-order valence-electron chi connectivity index (χ1n) is 7.51. The van der Waals surface area contributed by atoms with E-state index in [1.807, 2.05) is 13.0 Å². The molecule has 0 saturated carbocycles. The van der Waals surface area contributed by atoms with E-state index in [2.05, 4.69) is 15.7 Å². The van der Waals surface area contributed by atoms with E-state index in [0.29, 0.717) is 16.8 Å². The van der Waals surface area contributed by atoms with Gasteiger partial charge < -0.3 is 5.32 Å². The Morgan fingerprint density at radius 2 is 2.22 bits per heavy atom. The predicted molar refractivity (Wildman–Crippen MR) is 93.9 cm³/mol. The van der Waals surface area contributed by atoms with Gasteiger partial charge in [0.2, 0.25) is 0 Å². The normalized spacial score (nSPS) is 11.0. The molecule has 1 aromatic carbocycles. The molecule has 3 aromatic rings. The third-order valence-electron chi connectivity index (χ3n) is 3.50.